The van der Waals surface area contributed by atoms with Gasteiger partial charge in [0.15, 0.2) is 6.10 Å². The van der Waals surface area contributed by atoms with Crippen LogP contribution < -0.4 is 0 Å². The van der Waals surface area contributed by atoms with E-state index in [4.69, 9.17) is 9.84 Å². The molecule has 0 aliphatic rings. The van der Waals surface area contributed by atoms with Crippen molar-refractivity contribution in [1.29, 1.82) is 0 Å². The van der Waals surface area contributed by atoms with E-state index in [0.717, 1.165) is 7.11 Å². The fourth-order valence-electron chi connectivity index (χ4n) is 1.42. The van der Waals surface area contributed by atoms with E-state index in [2.05, 4.69) is 4.74 Å². The van der Waals surface area contributed by atoms with Gasteiger partial charge in [-0.05, 0) is 13.3 Å². The number of alkyl halides is 3. The number of hydrogen-bond acceptors (Lipinski definition) is 3. The molecule has 0 saturated carbocycles. The van der Waals surface area contributed by atoms with Gasteiger partial charge < -0.3 is 14.6 Å². The molecular formula is C10H17F3O4. The summed E-state index contributed by atoms with van der Waals surface area (Å²) in [5.74, 6) is -2.87. The van der Waals surface area contributed by atoms with Crippen LogP contribution in [0.4, 0.5) is 13.2 Å². The zero-order valence-corrected chi connectivity index (χ0v) is 9.95. The molecule has 4 nitrogen and oxygen atoms in total. The minimum atomic E-state index is -4.35. The van der Waals surface area contributed by atoms with Crippen LogP contribution in [-0.2, 0) is 14.3 Å². The number of hydrogen-bond donors (Lipinski definition) is 1. The maximum Gasteiger partial charge on any atom is 0.394 e. The maximum absolute atomic E-state index is 12.5. The molecule has 0 amide bonds. The highest BCUT2D eigenvalue weighted by Crippen LogP contribution is 2.32. The number of halogens is 3. The quantitative estimate of drug-likeness (QED) is 0.759. The fourth-order valence-corrected chi connectivity index (χ4v) is 1.42. The first-order chi connectivity index (χ1) is 7.73. The third kappa shape index (κ3) is 5.36. The fraction of sp³-hybridized carbons (Fsp3) is 0.900. The van der Waals surface area contributed by atoms with Crippen molar-refractivity contribution in [2.24, 2.45) is 5.92 Å². The first kappa shape index (κ1) is 16.2. The van der Waals surface area contributed by atoms with E-state index in [9.17, 15) is 18.0 Å². The van der Waals surface area contributed by atoms with Crippen molar-refractivity contribution < 1.29 is 32.5 Å². The van der Waals surface area contributed by atoms with Gasteiger partial charge in [0.1, 0.15) is 0 Å². The third-order valence-electron chi connectivity index (χ3n) is 2.50. The summed E-state index contributed by atoms with van der Waals surface area (Å²) < 4.78 is 47.0. The Labute approximate surface area is 97.7 Å². The number of carboxylic acid groups (broad SMARTS) is 1. The summed E-state index contributed by atoms with van der Waals surface area (Å²) in [6.45, 7) is 2.28. The second-order valence-electron chi connectivity index (χ2n) is 3.66. The lowest BCUT2D eigenvalue weighted by Crippen LogP contribution is -2.37. The molecule has 0 radical (unpaired) electrons. The number of methoxy groups -OCH3 is 1. The van der Waals surface area contributed by atoms with Gasteiger partial charge in [-0.1, -0.05) is 6.92 Å². The molecule has 0 heterocycles. The molecule has 3 atom stereocenters. The van der Waals surface area contributed by atoms with E-state index in [1.165, 1.54) is 13.8 Å². The summed E-state index contributed by atoms with van der Waals surface area (Å²) in [7, 11) is 1.16. The summed E-state index contributed by atoms with van der Waals surface area (Å²) in [4.78, 5) is 10.6. The zero-order valence-electron chi connectivity index (χ0n) is 9.95. The van der Waals surface area contributed by atoms with Crippen LogP contribution in [0.25, 0.3) is 0 Å². The van der Waals surface area contributed by atoms with Gasteiger partial charge in [-0.2, -0.15) is 13.2 Å². The molecule has 0 fully saturated rings. The maximum atomic E-state index is 12.5. The van der Waals surface area contributed by atoms with Crippen LogP contribution in [-0.4, -0.2) is 43.2 Å². The van der Waals surface area contributed by atoms with Crippen molar-refractivity contribution >= 4 is 5.97 Å². The normalized spacial score (nSPS) is 17.5. The van der Waals surface area contributed by atoms with Gasteiger partial charge in [-0.3, -0.25) is 0 Å². The van der Waals surface area contributed by atoms with E-state index >= 15 is 0 Å². The topological polar surface area (TPSA) is 55.8 Å². The molecule has 17 heavy (non-hydrogen) atoms. The number of ether oxygens (including phenoxy) is 2. The molecule has 0 aromatic rings. The largest absolute Gasteiger partial charge is 0.479 e. The molecule has 0 rings (SSSR count). The number of aliphatic carboxylic acids is 1. The van der Waals surface area contributed by atoms with Crippen molar-refractivity contribution in [3.63, 3.8) is 0 Å². The SMILES string of the molecule is CCC([C@@H](C)OC[C@H](OC)C(=O)O)C(F)(F)F. The molecule has 1 N–H and O–H groups in total. The average molecular weight is 258 g/mol. The summed E-state index contributed by atoms with van der Waals surface area (Å²) in [5.41, 5.74) is 0. The average Bonchev–Trinajstić information content (AvgIpc) is 2.16. The monoisotopic (exact) mass is 258 g/mol. The molecule has 0 aromatic carbocycles. The molecule has 1 unspecified atom stereocenters. The minimum Gasteiger partial charge on any atom is -0.479 e. The lowest BCUT2D eigenvalue weighted by Gasteiger charge is -2.26. The van der Waals surface area contributed by atoms with Crippen molar-refractivity contribution in [1.82, 2.24) is 0 Å². The standard InChI is InChI=1S/C10H17F3O4/c1-4-7(10(11,12)13)6(2)17-5-8(16-3)9(14)15/h6-8H,4-5H2,1-3H3,(H,14,15)/t6-,7?,8+/m1/s1. The van der Waals surface area contributed by atoms with Crippen LogP contribution in [0.5, 0.6) is 0 Å². The van der Waals surface area contributed by atoms with Crippen LogP contribution in [0.2, 0.25) is 0 Å². The molecular weight excluding hydrogens is 241 g/mol. The highest BCUT2D eigenvalue weighted by atomic mass is 19.4. The highest BCUT2D eigenvalue weighted by molar-refractivity contribution is 5.72. The zero-order chi connectivity index (χ0) is 13.6. The van der Waals surface area contributed by atoms with Gasteiger partial charge in [0.25, 0.3) is 0 Å². The van der Waals surface area contributed by atoms with Crippen LogP contribution >= 0.6 is 0 Å². The summed E-state index contributed by atoms with van der Waals surface area (Å²) in [5, 5.41) is 8.61. The Morgan fingerprint density at radius 1 is 1.41 bits per heavy atom. The second-order valence-corrected chi connectivity index (χ2v) is 3.66. The molecule has 0 aromatic heterocycles. The first-order valence-corrected chi connectivity index (χ1v) is 5.17. The Bertz CT molecular complexity index is 242. The molecule has 0 bridgehead atoms. The summed E-state index contributed by atoms with van der Waals surface area (Å²) >= 11 is 0. The Morgan fingerprint density at radius 3 is 2.24 bits per heavy atom. The van der Waals surface area contributed by atoms with Crippen LogP contribution in [0, 0.1) is 5.92 Å². The molecule has 0 spiro atoms. The Kier molecular flexibility index (Phi) is 6.48. The van der Waals surface area contributed by atoms with Gasteiger partial charge in [-0.25, -0.2) is 4.79 Å². The van der Waals surface area contributed by atoms with Gasteiger partial charge in [0.2, 0.25) is 0 Å². The van der Waals surface area contributed by atoms with Gasteiger partial charge in [-0.15, -0.1) is 0 Å². The van der Waals surface area contributed by atoms with Crippen molar-refractivity contribution in [3.8, 4) is 0 Å². The first-order valence-electron chi connectivity index (χ1n) is 5.17. The summed E-state index contributed by atoms with van der Waals surface area (Å²) in [6.07, 6.45) is -6.81. The number of rotatable bonds is 7. The van der Waals surface area contributed by atoms with E-state index in [-0.39, 0.29) is 6.42 Å². The molecule has 0 aliphatic carbocycles. The van der Waals surface area contributed by atoms with Crippen molar-refractivity contribution in [2.75, 3.05) is 13.7 Å². The number of carboxylic acids is 1. The molecule has 0 saturated heterocycles. The predicted molar refractivity (Wildman–Crippen MR) is 53.7 cm³/mol. The molecule has 7 heteroatoms. The minimum absolute atomic E-state index is 0.116. The Morgan fingerprint density at radius 2 is 1.94 bits per heavy atom. The Balaban J connectivity index is 4.33. The van der Waals surface area contributed by atoms with Crippen LogP contribution in [0.3, 0.4) is 0 Å². The van der Waals surface area contributed by atoms with Gasteiger partial charge >= 0.3 is 12.1 Å². The number of carbonyl (C=O) groups is 1. The van der Waals surface area contributed by atoms with Crippen molar-refractivity contribution in [3.05, 3.63) is 0 Å². The predicted octanol–water partition coefficient (Wildman–Crippen LogP) is 2.08. The van der Waals surface area contributed by atoms with E-state index in [0.29, 0.717) is 0 Å². The highest BCUT2D eigenvalue weighted by Gasteiger charge is 2.42. The van der Waals surface area contributed by atoms with Crippen molar-refractivity contribution in [2.45, 2.75) is 38.7 Å². The lowest BCUT2D eigenvalue weighted by atomic mass is 10.00. The molecule has 102 valence electrons. The van der Waals surface area contributed by atoms with Crippen LogP contribution in [0.15, 0.2) is 0 Å². The van der Waals surface area contributed by atoms with E-state index < -0.39 is 36.9 Å². The Hall–Kier alpha value is -0.820. The van der Waals surface area contributed by atoms with Gasteiger partial charge in [0, 0.05) is 7.11 Å². The lowest BCUT2D eigenvalue weighted by molar-refractivity contribution is -0.209. The van der Waals surface area contributed by atoms with E-state index in [1.54, 1.807) is 0 Å². The van der Waals surface area contributed by atoms with E-state index in [1.807, 2.05) is 0 Å². The molecule has 0 aliphatic heterocycles. The second kappa shape index (κ2) is 6.80. The summed E-state index contributed by atoms with van der Waals surface area (Å²) in [6, 6.07) is 0. The van der Waals surface area contributed by atoms with Gasteiger partial charge in [0.05, 0.1) is 18.6 Å². The smallest absolute Gasteiger partial charge is 0.394 e. The third-order valence-corrected chi connectivity index (χ3v) is 2.50. The van der Waals surface area contributed by atoms with Crippen LogP contribution in [0.1, 0.15) is 20.3 Å².